The van der Waals surface area contributed by atoms with Crippen LogP contribution in [0.1, 0.15) is 31.2 Å². The summed E-state index contributed by atoms with van der Waals surface area (Å²) >= 11 is 0. The lowest BCUT2D eigenvalue weighted by atomic mass is 10.0. The van der Waals surface area contributed by atoms with Gasteiger partial charge in [0.05, 0.1) is 11.4 Å². The van der Waals surface area contributed by atoms with E-state index in [2.05, 4.69) is 47.6 Å². The standard InChI is InChI=1S/C31H28FN7O/c32-23-8-20(9-24(40)11-23)29-25-12-28(37-27(25)5-6-35-29)30-26-10-22(17-36-31(26)39-38-30)21-7-19(15-34-16-21)14-33-13-18-3-1-2-4-18/h5-12,15-18,33,37,40H,1-4,13-14H2,(H,36,38,39). The molecule has 9 heteroatoms. The van der Waals surface area contributed by atoms with Gasteiger partial charge in [-0.25, -0.2) is 9.37 Å². The number of phenolic OH excluding ortho intramolecular Hbond substituents is 1. The zero-order valence-electron chi connectivity index (χ0n) is 21.8. The summed E-state index contributed by atoms with van der Waals surface area (Å²) in [5, 5.41) is 22.8. The van der Waals surface area contributed by atoms with E-state index in [1.54, 1.807) is 6.20 Å². The van der Waals surface area contributed by atoms with Gasteiger partial charge < -0.3 is 15.4 Å². The first kappa shape index (κ1) is 24.4. The summed E-state index contributed by atoms with van der Waals surface area (Å²) < 4.78 is 14.0. The van der Waals surface area contributed by atoms with Gasteiger partial charge in [0.25, 0.3) is 0 Å². The summed E-state index contributed by atoms with van der Waals surface area (Å²) in [5.74, 6) is 0.119. The smallest absolute Gasteiger partial charge is 0.155 e. The number of fused-ring (bicyclic) bond motifs is 2. The molecule has 0 bridgehead atoms. The van der Waals surface area contributed by atoms with Crippen molar-refractivity contribution in [3.63, 3.8) is 0 Å². The number of aromatic amines is 2. The zero-order valence-corrected chi connectivity index (χ0v) is 21.8. The number of nitrogens with zero attached hydrogens (tertiary/aromatic N) is 4. The fourth-order valence-corrected chi connectivity index (χ4v) is 5.77. The molecule has 0 spiro atoms. The molecule has 0 atom stereocenters. The minimum atomic E-state index is -0.524. The van der Waals surface area contributed by atoms with E-state index in [1.807, 2.05) is 30.7 Å². The highest BCUT2D eigenvalue weighted by Gasteiger charge is 2.17. The highest BCUT2D eigenvalue weighted by molar-refractivity contribution is 6.00. The Labute approximate surface area is 229 Å². The predicted octanol–water partition coefficient (Wildman–Crippen LogP) is 6.35. The third kappa shape index (κ3) is 4.69. The van der Waals surface area contributed by atoms with Crippen LogP contribution in [0.25, 0.3) is 55.7 Å². The molecule has 1 aromatic carbocycles. The molecular formula is C31H28FN7O. The second-order valence-electron chi connectivity index (χ2n) is 10.6. The van der Waals surface area contributed by atoms with Crippen molar-refractivity contribution in [3.8, 4) is 39.5 Å². The van der Waals surface area contributed by atoms with E-state index in [9.17, 15) is 9.50 Å². The van der Waals surface area contributed by atoms with Crippen LogP contribution in [-0.4, -0.2) is 41.8 Å². The molecule has 0 unspecified atom stereocenters. The van der Waals surface area contributed by atoms with E-state index in [1.165, 1.54) is 37.8 Å². The van der Waals surface area contributed by atoms with Gasteiger partial charge in [0.1, 0.15) is 17.3 Å². The Morgan fingerprint density at radius 1 is 0.900 bits per heavy atom. The maximum atomic E-state index is 14.0. The largest absolute Gasteiger partial charge is 0.508 e. The van der Waals surface area contributed by atoms with Gasteiger partial charge in [-0.1, -0.05) is 12.8 Å². The second-order valence-corrected chi connectivity index (χ2v) is 10.6. The first-order valence-electron chi connectivity index (χ1n) is 13.6. The molecular weight excluding hydrogens is 505 g/mol. The van der Waals surface area contributed by atoms with Crippen LogP contribution < -0.4 is 5.32 Å². The van der Waals surface area contributed by atoms with Crippen molar-refractivity contribution in [2.45, 2.75) is 32.2 Å². The van der Waals surface area contributed by atoms with E-state index >= 15 is 0 Å². The van der Waals surface area contributed by atoms with Crippen molar-refractivity contribution >= 4 is 21.9 Å². The number of halogens is 1. The quantitative estimate of drug-likeness (QED) is 0.190. The molecule has 0 aliphatic heterocycles. The number of hydrogen-bond donors (Lipinski definition) is 4. The molecule has 6 aromatic rings. The average molecular weight is 534 g/mol. The Balaban J connectivity index is 1.21. The van der Waals surface area contributed by atoms with E-state index in [-0.39, 0.29) is 5.75 Å². The van der Waals surface area contributed by atoms with Crippen LogP contribution in [0.15, 0.2) is 67.3 Å². The number of aromatic hydroxyl groups is 1. The van der Waals surface area contributed by atoms with Crippen molar-refractivity contribution in [1.29, 1.82) is 0 Å². The third-order valence-electron chi connectivity index (χ3n) is 7.74. The molecule has 7 rings (SSSR count). The number of benzene rings is 1. The van der Waals surface area contributed by atoms with E-state index in [0.717, 1.165) is 69.4 Å². The molecule has 5 aromatic heterocycles. The van der Waals surface area contributed by atoms with Crippen LogP contribution >= 0.6 is 0 Å². The van der Waals surface area contributed by atoms with E-state index < -0.39 is 5.82 Å². The molecule has 1 aliphatic carbocycles. The van der Waals surface area contributed by atoms with Gasteiger partial charge in [0.2, 0.25) is 0 Å². The van der Waals surface area contributed by atoms with Crippen LogP contribution in [0.5, 0.6) is 5.75 Å². The summed E-state index contributed by atoms with van der Waals surface area (Å²) in [5.41, 5.74) is 7.15. The molecule has 1 saturated carbocycles. The minimum Gasteiger partial charge on any atom is -0.508 e. The number of rotatable bonds is 7. The molecule has 8 nitrogen and oxygen atoms in total. The summed E-state index contributed by atoms with van der Waals surface area (Å²) in [6, 6.07) is 12.0. The fraction of sp³-hybridized carbons (Fsp3) is 0.226. The molecule has 200 valence electrons. The highest BCUT2D eigenvalue weighted by Crippen LogP contribution is 2.35. The van der Waals surface area contributed by atoms with Crippen molar-refractivity contribution in [1.82, 2.24) is 35.5 Å². The van der Waals surface area contributed by atoms with Gasteiger partial charge in [-0.05, 0) is 67.3 Å². The monoisotopic (exact) mass is 533 g/mol. The van der Waals surface area contributed by atoms with Gasteiger partial charge in [-0.2, -0.15) is 5.10 Å². The van der Waals surface area contributed by atoms with Crippen LogP contribution in [0, 0.1) is 11.7 Å². The van der Waals surface area contributed by atoms with Crippen LogP contribution in [-0.2, 0) is 6.54 Å². The Bertz CT molecular complexity index is 1820. The second kappa shape index (κ2) is 10.2. The molecule has 5 heterocycles. The summed E-state index contributed by atoms with van der Waals surface area (Å²) in [7, 11) is 0. The Hall–Kier alpha value is -4.63. The van der Waals surface area contributed by atoms with E-state index in [0.29, 0.717) is 16.9 Å². The van der Waals surface area contributed by atoms with Crippen molar-refractivity contribution in [3.05, 3.63) is 78.6 Å². The molecule has 1 fully saturated rings. The lowest BCUT2D eigenvalue weighted by Gasteiger charge is -2.11. The number of H-pyrrole nitrogens is 2. The molecule has 0 amide bonds. The number of aromatic nitrogens is 6. The minimum absolute atomic E-state index is 0.149. The first-order valence-corrected chi connectivity index (χ1v) is 13.6. The zero-order chi connectivity index (χ0) is 27.1. The number of hydrogen-bond acceptors (Lipinski definition) is 6. The van der Waals surface area contributed by atoms with Crippen LogP contribution in [0.3, 0.4) is 0 Å². The van der Waals surface area contributed by atoms with Crippen LogP contribution in [0.2, 0.25) is 0 Å². The lowest BCUT2D eigenvalue weighted by Crippen LogP contribution is -2.20. The molecule has 1 aliphatic rings. The predicted molar refractivity (Wildman–Crippen MR) is 153 cm³/mol. The summed E-state index contributed by atoms with van der Waals surface area (Å²) in [4.78, 5) is 17.0. The third-order valence-corrected chi connectivity index (χ3v) is 7.74. The maximum absolute atomic E-state index is 14.0. The Morgan fingerprint density at radius 3 is 2.65 bits per heavy atom. The summed E-state index contributed by atoms with van der Waals surface area (Å²) in [6.07, 6.45) is 12.6. The maximum Gasteiger partial charge on any atom is 0.155 e. The van der Waals surface area contributed by atoms with Crippen molar-refractivity contribution in [2.24, 2.45) is 5.92 Å². The molecule has 0 radical (unpaired) electrons. The van der Waals surface area contributed by atoms with Gasteiger partial charge >= 0.3 is 0 Å². The van der Waals surface area contributed by atoms with Crippen LogP contribution in [0.4, 0.5) is 4.39 Å². The highest BCUT2D eigenvalue weighted by atomic mass is 19.1. The SMILES string of the molecule is Oc1cc(F)cc(-c2nccc3[nH]c(-c4n[nH]c5ncc(-c6cncc(CNCC7CCCC7)c6)cc45)cc23)c1. The van der Waals surface area contributed by atoms with Gasteiger partial charge in [-0.15, -0.1) is 0 Å². The Kier molecular flexibility index (Phi) is 6.20. The fourth-order valence-electron chi connectivity index (χ4n) is 5.77. The molecule has 0 saturated heterocycles. The van der Waals surface area contributed by atoms with Gasteiger partial charge in [0, 0.05) is 70.4 Å². The molecule has 4 N–H and O–H groups in total. The summed E-state index contributed by atoms with van der Waals surface area (Å²) in [6.45, 7) is 1.84. The lowest BCUT2D eigenvalue weighted by molar-refractivity contribution is 0.469. The van der Waals surface area contributed by atoms with Gasteiger partial charge in [-0.3, -0.25) is 15.1 Å². The van der Waals surface area contributed by atoms with Crippen molar-refractivity contribution in [2.75, 3.05) is 6.54 Å². The topological polar surface area (TPSA) is 115 Å². The van der Waals surface area contributed by atoms with Crippen molar-refractivity contribution < 1.29 is 9.50 Å². The molecule has 40 heavy (non-hydrogen) atoms. The average Bonchev–Trinajstić information content (AvgIpc) is 3.71. The van der Waals surface area contributed by atoms with Gasteiger partial charge in [0.15, 0.2) is 5.65 Å². The number of phenols is 1. The Morgan fingerprint density at radius 2 is 1.77 bits per heavy atom. The number of nitrogens with one attached hydrogen (secondary N) is 3. The normalized spacial score (nSPS) is 14.0. The first-order chi connectivity index (χ1) is 19.6. The van der Waals surface area contributed by atoms with E-state index in [4.69, 9.17) is 0 Å². The number of pyridine rings is 3.